The van der Waals surface area contributed by atoms with Crippen molar-refractivity contribution in [2.75, 3.05) is 13.7 Å². The Morgan fingerprint density at radius 2 is 2.20 bits per heavy atom. The molecule has 2 N–H and O–H groups in total. The molecule has 0 radical (unpaired) electrons. The van der Waals surface area contributed by atoms with E-state index in [1.54, 1.807) is 7.11 Å². The highest BCUT2D eigenvalue weighted by Gasteiger charge is 2.57. The van der Waals surface area contributed by atoms with Gasteiger partial charge in [0.15, 0.2) is 0 Å². The summed E-state index contributed by atoms with van der Waals surface area (Å²) < 4.78 is 5.04. The van der Waals surface area contributed by atoms with E-state index in [1.165, 1.54) is 5.56 Å². The van der Waals surface area contributed by atoms with E-state index in [4.69, 9.17) is 10.5 Å². The van der Waals surface area contributed by atoms with E-state index in [1.807, 2.05) is 12.3 Å². The third-order valence-electron chi connectivity index (χ3n) is 3.63. The number of aromatic nitrogens is 1. The predicted octanol–water partition coefficient (Wildman–Crippen LogP) is 1.79. The van der Waals surface area contributed by atoms with Crippen LogP contribution in [0.2, 0.25) is 0 Å². The number of hydrogen-bond donors (Lipinski definition) is 1. The molecule has 1 aliphatic rings. The molecule has 1 saturated carbocycles. The number of hydrogen-bond acceptors (Lipinski definition) is 3. The highest BCUT2D eigenvalue weighted by molar-refractivity contribution is 5.31. The van der Waals surface area contributed by atoms with Gasteiger partial charge < -0.3 is 10.5 Å². The molecular weight excluding hydrogens is 188 g/mol. The molecule has 15 heavy (non-hydrogen) atoms. The standard InChI is InChI=1S/C12H18N2O/c1-12(2)9(6-13)11(12)8-4-5-10(15-3)14-7-8/h4-5,7,9,11H,6,13H2,1-3H3/t9-,11-/m0/s1. The van der Waals surface area contributed by atoms with Crippen molar-refractivity contribution in [1.29, 1.82) is 0 Å². The molecule has 1 heterocycles. The second-order valence-corrected chi connectivity index (χ2v) is 4.78. The second kappa shape index (κ2) is 3.49. The maximum absolute atomic E-state index is 5.75. The fourth-order valence-electron chi connectivity index (χ4n) is 2.54. The van der Waals surface area contributed by atoms with E-state index in [9.17, 15) is 0 Å². The summed E-state index contributed by atoms with van der Waals surface area (Å²) >= 11 is 0. The Kier molecular flexibility index (Phi) is 2.43. The zero-order valence-electron chi connectivity index (χ0n) is 9.53. The van der Waals surface area contributed by atoms with Crippen molar-refractivity contribution in [2.24, 2.45) is 17.1 Å². The van der Waals surface area contributed by atoms with Crippen molar-refractivity contribution < 1.29 is 4.74 Å². The van der Waals surface area contributed by atoms with Crippen LogP contribution in [0.1, 0.15) is 25.3 Å². The monoisotopic (exact) mass is 206 g/mol. The lowest BCUT2D eigenvalue weighted by atomic mass is 10.1. The fraction of sp³-hybridized carbons (Fsp3) is 0.583. The first-order chi connectivity index (χ1) is 7.11. The Morgan fingerprint density at radius 1 is 1.47 bits per heavy atom. The predicted molar refractivity (Wildman–Crippen MR) is 59.9 cm³/mol. The molecule has 1 aromatic rings. The Balaban J connectivity index is 2.18. The van der Waals surface area contributed by atoms with Gasteiger partial charge in [0.25, 0.3) is 0 Å². The maximum atomic E-state index is 5.75. The van der Waals surface area contributed by atoms with Gasteiger partial charge in [-0.15, -0.1) is 0 Å². The zero-order valence-corrected chi connectivity index (χ0v) is 9.53. The lowest BCUT2D eigenvalue weighted by Gasteiger charge is -2.03. The topological polar surface area (TPSA) is 48.1 Å². The average Bonchev–Trinajstić information content (AvgIpc) is 2.80. The van der Waals surface area contributed by atoms with Crippen LogP contribution in [0.15, 0.2) is 18.3 Å². The van der Waals surface area contributed by atoms with Gasteiger partial charge in [-0.1, -0.05) is 19.9 Å². The van der Waals surface area contributed by atoms with Gasteiger partial charge in [0.2, 0.25) is 5.88 Å². The molecule has 2 rings (SSSR count). The van der Waals surface area contributed by atoms with Crippen molar-refractivity contribution in [2.45, 2.75) is 19.8 Å². The van der Waals surface area contributed by atoms with E-state index < -0.39 is 0 Å². The minimum Gasteiger partial charge on any atom is -0.481 e. The van der Waals surface area contributed by atoms with Gasteiger partial charge in [0, 0.05) is 12.3 Å². The van der Waals surface area contributed by atoms with Crippen molar-refractivity contribution in [3.05, 3.63) is 23.9 Å². The minimum absolute atomic E-state index is 0.324. The highest BCUT2D eigenvalue weighted by Crippen LogP contribution is 2.63. The summed E-state index contributed by atoms with van der Waals surface area (Å²) in [6, 6.07) is 4.01. The molecule has 1 aromatic heterocycles. The molecule has 0 aliphatic heterocycles. The Hall–Kier alpha value is -1.09. The number of ether oxygens (including phenoxy) is 1. The average molecular weight is 206 g/mol. The van der Waals surface area contributed by atoms with Crippen LogP contribution in [0.4, 0.5) is 0 Å². The molecule has 0 bridgehead atoms. The lowest BCUT2D eigenvalue weighted by Crippen LogP contribution is -2.05. The third-order valence-corrected chi connectivity index (χ3v) is 3.63. The normalized spacial score (nSPS) is 27.5. The van der Waals surface area contributed by atoms with Gasteiger partial charge in [-0.3, -0.25) is 0 Å². The molecule has 2 atom stereocenters. The largest absolute Gasteiger partial charge is 0.481 e. The molecule has 1 aliphatic carbocycles. The molecule has 0 spiro atoms. The summed E-state index contributed by atoms with van der Waals surface area (Å²) in [6.07, 6.45) is 1.90. The third kappa shape index (κ3) is 1.61. The number of nitrogens with zero attached hydrogens (tertiary/aromatic N) is 1. The first kappa shape index (κ1) is 10.4. The SMILES string of the molecule is COc1ccc([C@H]2[C@H](CN)C2(C)C)cn1. The maximum Gasteiger partial charge on any atom is 0.212 e. The fourth-order valence-corrected chi connectivity index (χ4v) is 2.54. The molecule has 3 heteroatoms. The number of pyridine rings is 1. The minimum atomic E-state index is 0.324. The quantitative estimate of drug-likeness (QED) is 0.820. The highest BCUT2D eigenvalue weighted by atomic mass is 16.5. The van der Waals surface area contributed by atoms with Crippen LogP contribution < -0.4 is 10.5 Å². The van der Waals surface area contributed by atoms with Crippen LogP contribution in [0.3, 0.4) is 0 Å². The van der Waals surface area contributed by atoms with E-state index in [2.05, 4.69) is 24.9 Å². The Bertz CT molecular complexity index is 345. The molecular formula is C12H18N2O. The first-order valence-electron chi connectivity index (χ1n) is 5.31. The van der Waals surface area contributed by atoms with E-state index in [0.717, 1.165) is 6.54 Å². The summed E-state index contributed by atoms with van der Waals surface area (Å²) in [7, 11) is 1.63. The summed E-state index contributed by atoms with van der Waals surface area (Å²) in [5.41, 5.74) is 7.35. The van der Waals surface area contributed by atoms with Crippen LogP contribution in [-0.2, 0) is 0 Å². The van der Waals surface area contributed by atoms with Gasteiger partial charge >= 0.3 is 0 Å². The van der Waals surface area contributed by atoms with Gasteiger partial charge in [0.1, 0.15) is 0 Å². The Morgan fingerprint density at radius 3 is 2.60 bits per heavy atom. The summed E-state index contributed by atoms with van der Waals surface area (Å²) in [4.78, 5) is 4.23. The van der Waals surface area contributed by atoms with Gasteiger partial charge in [0.05, 0.1) is 7.11 Å². The van der Waals surface area contributed by atoms with E-state index >= 15 is 0 Å². The lowest BCUT2D eigenvalue weighted by molar-refractivity contribution is 0.397. The van der Waals surface area contributed by atoms with Crippen molar-refractivity contribution >= 4 is 0 Å². The smallest absolute Gasteiger partial charge is 0.212 e. The molecule has 82 valence electrons. The second-order valence-electron chi connectivity index (χ2n) is 4.78. The first-order valence-corrected chi connectivity index (χ1v) is 5.31. The van der Waals surface area contributed by atoms with E-state index in [0.29, 0.717) is 23.1 Å². The molecule has 0 saturated heterocycles. The summed E-state index contributed by atoms with van der Waals surface area (Å²) in [5, 5.41) is 0. The number of nitrogens with two attached hydrogens (primary N) is 1. The molecule has 0 unspecified atom stereocenters. The van der Waals surface area contributed by atoms with Crippen LogP contribution in [-0.4, -0.2) is 18.6 Å². The van der Waals surface area contributed by atoms with Crippen molar-refractivity contribution in [3.8, 4) is 5.88 Å². The molecule has 0 amide bonds. The van der Waals surface area contributed by atoms with Gasteiger partial charge in [-0.25, -0.2) is 4.98 Å². The van der Waals surface area contributed by atoms with Crippen LogP contribution in [0.25, 0.3) is 0 Å². The van der Waals surface area contributed by atoms with Crippen LogP contribution >= 0.6 is 0 Å². The van der Waals surface area contributed by atoms with E-state index in [-0.39, 0.29) is 0 Å². The Labute approximate surface area is 90.7 Å². The molecule has 3 nitrogen and oxygen atoms in total. The number of methoxy groups -OCH3 is 1. The van der Waals surface area contributed by atoms with Gasteiger partial charge in [-0.05, 0) is 29.4 Å². The van der Waals surface area contributed by atoms with Gasteiger partial charge in [-0.2, -0.15) is 0 Å². The number of rotatable bonds is 3. The molecule has 0 aromatic carbocycles. The molecule has 1 fully saturated rings. The van der Waals surface area contributed by atoms with Crippen molar-refractivity contribution in [1.82, 2.24) is 4.98 Å². The van der Waals surface area contributed by atoms with Crippen LogP contribution in [0, 0.1) is 11.3 Å². The van der Waals surface area contributed by atoms with Crippen molar-refractivity contribution in [3.63, 3.8) is 0 Å². The summed E-state index contributed by atoms with van der Waals surface area (Å²) in [5.74, 6) is 1.81. The summed E-state index contributed by atoms with van der Waals surface area (Å²) in [6.45, 7) is 5.28. The van der Waals surface area contributed by atoms with Crippen LogP contribution in [0.5, 0.6) is 5.88 Å². The zero-order chi connectivity index (χ0) is 11.1.